The van der Waals surface area contributed by atoms with Gasteiger partial charge in [-0.25, -0.2) is 9.97 Å². The van der Waals surface area contributed by atoms with Gasteiger partial charge in [0.25, 0.3) is 0 Å². The second-order valence-electron chi connectivity index (χ2n) is 6.26. The molecule has 3 aromatic rings. The van der Waals surface area contributed by atoms with Crippen molar-refractivity contribution in [3.8, 4) is 0 Å². The van der Waals surface area contributed by atoms with Gasteiger partial charge < -0.3 is 4.90 Å². The summed E-state index contributed by atoms with van der Waals surface area (Å²) in [5.41, 5.74) is 4.14. The van der Waals surface area contributed by atoms with Gasteiger partial charge in [0.15, 0.2) is 0 Å². The smallest absolute Gasteiger partial charge is 0.234 e. The number of aromatic nitrogens is 2. The van der Waals surface area contributed by atoms with E-state index in [-0.39, 0.29) is 11.8 Å². The molecule has 0 radical (unpaired) electrons. The highest BCUT2D eigenvalue weighted by Gasteiger charge is 2.30. The van der Waals surface area contributed by atoms with Gasteiger partial charge in [0, 0.05) is 31.3 Å². The van der Waals surface area contributed by atoms with E-state index in [0.717, 1.165) is 28.8 Å². The quantitative estimate of drug-likeness (QED) is 0.741. The molecule has 0 atom stereocenters. The number of fused-ring (bicyclic) bond motifs is 1. The summed E-state index contributed by atoms with van der Waals surface area (Å²) in [6, 6.07) is 20.0. The van der Waals surface area contributed by atoms with E-state index in [1.165, 1.54) is 0 Å². The average molecular weight is 329 g/mol. The Morgan fingerprint density at radius 1 is 0.960 bits per heavy atom. The molecule has 124 valence electrons. The van der Waals surface area contributed by atoms with E-state index in [9.17, 15) is 4.79 Å². The van der Waals surface area contributed by atoms with Crippen molar-refractivity contribution < 1.29 is 4.79 Å². The lowest BCUT2D eigenvalue weighted by atomic mass is 9.89. The van der Waals surface area contributed by atoms with Crippen LogP contribution in [0, 0.1) is 0 Å². The maximum Gasteiger partial charge on any atom is 0.234 e. The molecule has 4 nitrogen and oxygen atoms in total. The molecule has 4 rings (SSSR count). The van der Waals surface area contributed by atoms with Crippen molar-refractivity contribution in [3.63, 3.8) is 0 Å². The zero-order chi connectivity index (χ0) is 17.1. The highest BCUT2D eigenvalue weighted by molar-refractivity contribution is 5.87. The van der Waals surface area contributed by atoms with Gasteiger partial charge in [0.1, 0.15) is 6.33 Å². The molecule has 0 unspecified atom stereocenters. The van der Waals surface area contributed by atoms with E-state index >= 15 is 0 Å². The lowest BCUT2D eigenvalue weighted by Gasteiger charge is -2.31. The molecule has 2 aromatic carbocycles. The Morgan fingerprint density at radius 3 is 2.24 bits per heavy atom. The minimum Gasteiger partial charge on any atom is -0.337 e. The molecule has 1 aliphatic rings. The third-order valence-electron chi connectivity index (χ3n) is 4.69. The fourth-order valence-electron chi connectivity index (χ4n) is 3.41. The Balaban J connectivity index is 1.67. The van der Waals surface area contributed by atoms with Gasteiger partial charge >= 0.3 is 0 Å². The summed E-state index contributed by atoms with van der Waals surface area (Å²) >= 11 is 0. The minimum absolute atomic E-state index is 0.131. The van der Waals surface area contributed by atoms with E-state index in [1.54, 1.807) is 6.33 Å². The molecule has 0 spiro atoms. The van der Waals surface area contributed by atoms with Crippen LogP contribution in [0.4, 0.5) is 0 Å². The normalized spacial score (nSPS) is 13.6. The second kappa shape index (κ2) is 6.85. The van der Waals surface area contributed by atoms with Crippen LogP contribution in [0.25, 0.3) is 0 Å². The van der Waals surface area contributed by atoms with Gasteiger partial charge in [-0.2, -0.15) is 0 Å². The van der Waals surface area contributed by atoms with Crippen LogP contribution in [0.15, 0.2) is 73.2 Å². The number of nitrogens with zero attached hydrogens (tertiary/aromatic N) is 3. The molecule has 25 heavy (non-hydrogen) atoms. The first-order valence-corrected chi connectivity index (χ1v) is 8.49. The van der Waals surface area contributed by atoms with E-state index in [2.05, 4.69) is 9.97 Å². The number of benzene rings is 2. The molecule has 0 saturated heterocycles. The zero-order valence-corrected chi connectivity index (χ0v) is 13.9. The molecule has 0 aliphatic carbocycles. The van der Waals surface area contributed by atoms with Gasteiger partial charge in [0.2, 0.25) is 5.91 Å². The van der Waals surface area contributed by atoms with Gasteiger partial charge in [-0.05, 0) is 11.1 Å². The van der Waals surface area contributed by atoms with Gasteiger partial charge in [0.05, 0.1) is 11.6 Å². The van der Waals surface area contributed by atoms with Crippen molar-refractivity contribution in [1.82, 2.24) is 14.9 Å². The maximum atomic E-state index is 13.4. The highest BCUT2D eigenvalue weighted by Crippen LogP contribution is 2.28. The molecular formula is C21H19N3O. The van der Waals surface area contributed by atoms with Crippen molar-refractivity contribution in [2.24, 2.45) is 0 Å². The van der Waals surface area contributed by atoms with Crippen LogP contribution in [0.3, 0.4) is 0 Å². The molecule has 0 fully saturated rings. The Kier molecular flexibility index (Phi) is 4.25. The van der Waals surface area contributed by atoms with Crippen molar-refractivity contribution >= 4 is 5.91 Å². The number of carbonyl (C=O) groups excluding carboxylic acids is 1. The van der Waals surface area contributed by atoms with Crippen LogP contribution >= 0.6 is 0 Å². The zero-order valence-electron chi connectivity index (χ0n) is 13.9. The summed E-state index contributed by atoms with van der Waals surface area (Å²) in [4.78, 5) is 23.8. The van der Waals surface area contributed by atoms with Crippen LogP contribution in [0.5, 0.6) is 0 Å². The molecule has 1 amide bonds. The Bertz CT molecular complexity index is 825. The number of rotatable bonds is 3. The Morgan fingerprint density at radius 2 is 1.60 bits per heavy atom. The number of amides is 1. The molecule has 2 heterocycles. The summed E-state index contributed by atoms with van der Waals surface area (Å²) in [5.74, 6) is -0.152. The first kappa shape index (κ1) is 15.5. The molecule has 0 bridgehead atoms. The monoisotopic (exact) mass is 329 g/mol. The fraction of sp³-hybridized carbons (Fsp3) is 0.190. The predicted molar refractivity (Wildman–Crippen MR) is 95.9 cm³/mol. The summed E-state index contributed by atoms with van der Waals surface area (Å²) in [6.45, 7) is 1.27. The van der Waals surface area contributed by atoms with Crippen molar-refractivity contribution in [2.75, 3.05) is 6.54 Å². The number of carbonyl (C=O) groups is 1. The Labute approximate surface area is 147 Å². The van der Waals surface area contributed by atoms with Crippen molar-refractivity contribution in [3.05, 3.63) is 95.6 Å². The standard InChI is InChI=1S/C21H19N3O/c25-21(24-12-11-19-18(14-24)13-22-15-23-19)20(16-7-3-1-4-8-16)17-9-5-2-6-10-17/h1-10,13,15,20H,11-12,14H2. The van der Waals surface area contributed by atoms with Crippen LogP contribution in [-0.2, 0) is 17.8 Å². The predicted octanol–water partition coefficient (Wildman–Crippen LogP) is 3.19. The largest absolute Gasteiger partial charge is 0.337 e. The molecule has 4 heteroatoms. The average Bonchev–Trinajstić information content (AvgIpc) is 2.69. The first-order chi connectivity index (χ1) is 12.3. The molecule has 1 aliphatic heterocycles. The third kappa shape index (κ3) is 3.15. The van der Waals surface area contributed by atoms with Crippen molar-refractivity contribution in [1.29, 1.82) is 0 Å². The van der Waals surface area contributed by atoms with Gasteiger partial charge in [-0.15, -0.1) is 0 Å². The van der Waals surface area contributed by atoms with Gasteiger partial charge in [-0.3, -0.25) is 4.79 Å². The fourth-order valence-corrected chi connectivity index (χ4v) is 3.41. The van der Waals surface area contributed by atoms with E-state index in [4.69, 9.17) is 0 Å². The second-order valence-corrected chi connectivity index (χ2v) is 6.26. The summed E-state index contributed by atoms with van der Waals surface area (Å²) < 4.78 is 0. The van der Waals surface area contributed by atoms with Crippen LogP contribution in [0.2, 0.25) is 0 Å². The van der Waals surface area contributed by atoms with Crippen LogP contribution < -0.4 is 0 Å². The van der Waals surface area contributed by atoms with E-state index in [0.29, 0.717) is 13.1 Å². The molecule has 1 aromatic heterocycles. The third-order valence-corrected chi connectivity index (χ3v) is 4.69. The van der Waals surface area contributed by atoms with Crippen LogP contribution in [-0.4, -0.2) is 27.3 Å². The lowest BCUT2D eigenvalue weighted by Crippen LogP contribution is -2.39. The minimum atomic E-state index is -0.284. The molecule has 0 N–H and O–H groups in total. The topological polar surface area (TPSA) is 46.1 Å². The lowest BCUT2D eigenvalue weighted by molar-refractivity contribution is -0.132. The highest BCUT2D eigenvalue weighted by atomic mass is 16.2. The Hall–Kier alpha value is -3.01. The number of hydrogen-bond acceptors (Lipinski definition) is 3. The van der Waals surface area contributed by atoms with Crippen molar-refractivity contribution in [2.45, 2.75) is 18.9 Å². The van der Waals surface area contributed by atoms with E-state index in [1.807, 2.05) is 71.8 Å². The summed E-state index contributed by atoms with van der Waals surface area (Å²) in [7, 11) is 0. The SMILES string of the molecule is O=C(C(c1ccccc1)c1ccccc1)N1CCc2ncncc2C1. The molecular weight excluding hydrogens is 310 g/mol. The maximum absolute atomic E-state index is 13.4. The van der Waals surface area contributed by atoms with E-state index < -0.39 is 0 Å². The summed E-state index contributed by atoms with van der Waals surface area (Å²) in [6.07, 6.45) is 4.18. The first-order valence-electron chi connectivity index (χ1n) is 8.49. The molecule has 0 saturated carbocycles. The van der Waals surface area contributed by atoms with Crippen LogP contribution in [0.1, 0.15) is 28.3 Å². The number of hydrogen-bond donors (Lipinski definition) is 0. The summed E-state index contributed by atoms with van der Waals surface area (Å²) in [5, 5.41) is 0. The van der Waals surface area contributed by atoms with Gasteiger partial charge in [-0.1, -0.05) is 60.7 Å².